The van der Waals surface area contributed by atoms with Crippen LogP contribution in [0.4, 0.5) is 5.95 Å². The lowest BCUT2D eigenvalue weighted by Crippen LogP contribution is -2.31. The lowest BCUT2D eigenvalue weighted by Gasteiger charge is -2.28. The van der Waals surface area contributed by atoms with Crippen molar-refractivity contribution in [2.24, 2.45) is 0 Å². The summed E-state index contributed by atoms with van der Waals surface area (Å²) in [5.74, 6) is 0.891. The zero-order chi connectivity index (χ0) is 15.0. The summed E-state index contributed by atoms with van der Waals surface area (Å²) in [6, 6.07) is 0. The van der Waals surface area contributed by atoms with E-state index in [1.165, 1.54) is 0 Å². The molecule has 110 valence electrons. The predicted octanol–water partition coefficient (Wildman–Crippen LogP) is 2.02. The van der Waals surface area contributed by atoms with Gasteiger partial charge in [0.15, 0.2) is 0 Å². The van der Waals surface area contributed by atoms with Gasteiger partial charge in [0.05, 0.1) is 0 Å². The minimum Gasteiger partial charge on any atom is -0.368 e. The molecule has 0 aliphatic carbocycles. The normalized spacial score (nSPS) is 15.0. The zero-order valence-corrected chi connectivity index (χ0v) is 13.0. The van der Waals surface area contributed by atoms with E-state index in [-0.39, 0.29) is 5.95 Å². The van der Waals surface area contributed by atoms with E-state index >= 15 is 0 Å². The first-order valence-electron chi connectivity index (χ1n) is 6.54. The first-order valence-corrected chi connectivity index (χ1v) is 7.29. The fraction of sp³-hybridized carbons (Fsp3) is 0.385. The van der Waals surface area contributed by atoms with Crippen molar-refractivity contribution in [2.75, 3.05) is 12.3 Å². The number of rotatable bonds is 2. The quantitative estimate of drug-likeness (QED) is 0.851. The molecular weight excluding hydrogens is 311 g/mol. The minimum atomic E-state index is 0.0848. The van der Waals surface area contributed by atoms with Crippen molar-refractivity contribution in [3.8, 4) is 0 Å². The van der Waals surface area contributed by atoms with Crippen LogP contribution in [0.3, 0.4) is 0 Å². The zero-order valence-electron chi connectivity index (χ0n) is 11.5. The van der Waals surface area contributed by atoms with Crippen LogP contribution in [0.2, 0.25) is 10.3 Å². The van der Waals surface area contributed by atoms with Gasteiger partial charge in [0.25, 0.3) is 0 Å². The third kappa shape index (κ3) is 3.07. The van der Waals surface area contributed by atoms with Crippen molar-refractivity contribution in [3.05, 3.63) is 39.1 Å². The highest BCUT2D eigenvalue weighted by Crippen LogP contribution is 2.26. The number of fused-ring (bicyclic) bond motifs is 1. The lowest BCUT2D eigenvalue weighted by molar-refractivity contribution is 0.242. The molecule has 0 saturated heterocycles. The van der Waals surface area contributed by atoms with E-state index in [4.69, 9.17) is 28.9 Å². The van der Waals surface area contributed by atoms with Crippen molar-refractivity contribution in [1.82, 2.24) is 24.8 Å². The number of nitrogen functional groups attached to an aromatic ring is 1. The Morgan fingerprint density at radius 2 is 1.95 bits per heavy atom. The van der Waals surface area contributed by atoms with Crippen molar-refractivity contribution in [2.45, 2.75) is 26.4 Å². The van der Waals surface area contributed by atoms with Crippen molar-refractivity contribution >= 4 is 29.2 Å². The van der Waals surface area contributed by atoms with E-state index in [9.17, 15) is 0 Å². The second kappa shape index (κ2) is 5.71. The van der Waals surface area contributed by atoms with Gasteiger partial charge in [0, 0.05) is 49.1 Å². The Balaban J connectivity index is 1.80. The molecule has 3 heterocycles. The number of anilines is 1. The Kier molecular flexibility index (Phi) is 3.93. The van der Waals surface area contributed by atoms with E-state index in [0.717, 1.165) is 36.6 Å². The van der Waals surface area contributed by atoms with Gasteiger partial charge in [-0.1, -0.05) is 23.2 Å². The first kappa shape index (κ1) is 14.4. The summed E-state index contributed by atoms with van der Waals surface area (Å²) in [7, 11) is 0. The summed E-state index contributed by atoms with van der Waals surface area (Å²) >= 11 is 12.2. The van der Waals surface area contributed by atoms with Gasteiger partial charge in [0.1, 0.15) is 16.1 Å². The number of aryl methyl sites for hydroxylation is 1. The largest absolute Gasteiger partial charge is 0.368 e. The van der Waals surface area contributed by atoms with Gasteiger partial charge in [-0.25, -0.2) is 19.9 Å². The molecule has 0 spiro atoms. The smallest absolute Gasteiger partial charge is 0.222 e. The Hall–Kier alpha value is -1.50. The maximum atomic E-state index is 6.11. The summed E-state index contributed by atoms with van der Waals surface area (Å²) in [5, 5.41) is 0.608. The topological polar surface area (TPSA) is 80.8 Å². The highest BCUT2D eigenvalue weighted by molar-refractivity contribution is 6.34. The number of hydrogen-bond donors (Lipinski definition) is 1. The third-order valence-electron chi connectivity index (χ3n) is 3.44. The molecule has 2 aromatic heterocycles. The molecule has 0 fully saturated rings. The van der Waals surface area contributed by atoms with Crippen LogP contribution in [0.1, 0.15) is 22.6 Å². The average Bonchev–Trinajstić information content (AvgIpc) is 2.43. The van der Waals surface area contributed by atoms with E-state index in [1.807, 2.05) is 13.1 Å². The van der Waals surface area contributed by atoms with Crippen molar-refractivity contribution < 1.29 is 0 Å². The Labute approximate surface area is 132 Å². The lowest BCUT2D eigenvalue weighted by atomic mass is 10.1. The van der Waals surface area contributed by atoms with Crippen LogP contribution >= 0.6 is 23.2 Å². The van der Waals surface area contributed by atoms with Crippen LogP contribution in [0.15, 0.2) is 6.20 Å². The maximum absolute atomic E-state index is 6.11. The standard InChI is InChI=1S/C13H14Cl2N6/c1-7-17-4-8-5-21(3-2-10(8)18-7)6-9-11(14)19-13(16)20-12(9)15/h4H,2-3,5-6H2,1H3,(H2,16,19,20). The molecule has 1 aliphatic rings. The van der Waals surface area contributed by atoms with Gasteiger partial charge in [-0.05, 0) is 6.92 Å². The molecule has 0 amide bonds. The average molecular weight is 325 g/mol. The van der Waals surface area contributed by atoms with Crippen LogP contribution in [0.25, 0.3) is 0 Å². The van der Waals surface area contributed by atoms with E-state index in [0.29, 0.717) is 22.4 Å². The maximum Gasteiger partial charge on any atom is 0.222 e. The molecule has 2 N–H and O–H groups in total. The molecule has 0 unspecified atom stereocenters. The highest BCUT2D eigenvalue weighted by Gasteiger charge is 2.21. The molecule has 0 atom stereocenters. The molecule has 21 heavy (non-hydrogen) atoms. The number of nitrogens with two attached hydrogens (primary N) is 1. The summed E-state index contributed by atoms with van der Waals surface area (Å²) in [4.78, 5) is 18.8. The molecular formula is C13H14Cl2N6. The molecule has 1 aliphatic heterocycles. The number of nitrogens with zero attached hydrogens (tertiary/aromatic N) is 5. The molecule has 0 aromatic carbocycles. The minimum absolute atomic E-state index is 0.0848. The van der Waals surface area contributed by atoms with Gasteiger partial charge in [-0.2, -0.15) is 0 Å². The van der Waals surface area contributed by atoms with Crippen molar-refractivity contribution in [3.63, 3.8) is 0 Å². The molecule has 0 radical (unpaired) electrons. The van der Waals surface area contributed by atoms with Gasteiger partial charge in [0.2, 0.25) is 5.95 Å². The Morgan fingerprint density at radius 1 is 1.24 bits per heavy atom. The number of halogens is 2. The number of hydrogen-bond acceptors (Lipinski definition) is 6. The van der Waals surface area contributed by atoms with E-state index < -0.39 is 0 Å². The fourth-order valence-corrected chi connectivity index (χ4v) is 2.93. The molecule has 0 bridgehead atoms. The third-order valence-corrected chi connectivity index (χ3v) is 4.06. The second-order valence-electron chi connectivity index (χ2n) is 4.99. The molecule has 0 saturated carbocycles. The predicted molar refractivity (Wildman–Crippen MR) is 81.1 cm³/mol. The van der Waals surface area contributed by atoms with Gasteiger partial charge >= 0.3 is 0 Å². The first-order chi connectivity index (χ1) is 10.0. The fourth-order valence-electron chi connectivity index (χ4n) is 2.41. The van der Waals surface area contributed by atoms with Crippen LogP contribution in [-0.4, -0.2) is 31.4 Å². The summed E-state index contributed by atoms with van der Waals surface area (Å²) in [6.45, 7) is 4.11. The summed E-state index contributed by atoms with van der Waals surface area (Å²) in [5.41, 5.74) is 8.47. The molecule has 3 rings (SSSR count). The molecule has 2 aromatic rings. The monoisotopic (exact) mass is 324 g/mol. The van der Waals surface area contributed by atoms with Crippen LogP contribution in [-0.2, 0) is 19.5 Å². The van der Waals surface area contributed by atoms with Gasteiger partial charge in [-0.3, -0.25) is 4.90 Å². The summed E-state index contributed by atoms with van der Waals surface area (Å²) in [6.07, 6.45) is 2.76. The molecule has 6 nitrogen and oxygen atoms in total. The van der Waals surface area contributed by atoms with E-state index in [2.05, 4.69) is 24.8 Å². The van der Waals surface area contributed by atoms with Crippen LogP contribution in [0, 0.1) is 6.92 Å². The SMILES string of the molecule is Cc1ncc2c(n1)CCN(Cc1c(Cl)nc(N)nc1Cl)C2. The summed E-state index contributed by atoms with van der Waals surface area (Å²) < 4.78 is 0. The number of aromatic nitrogens is 4. The van der Waals surface area contributed by atoms with Crippen LogP contribution < -0.4 is 5.73 Å². The van der Waals surface area contributed by atoms with Crippen molar-refractivity contribution in [1.29, 1.82) is 0 Å². The van der Waals surface area contributed by atoms with E-state index in [1.54, 1.807) is 0 Å². The Morgan fingerprint density at radius 3 is 2.67 bits per heavy atom. The van der Waals surface area contributed by atoms with Crippen LogP contribution in [0.5, 0.6) is 0 Å². The molecule has 8 heteroatoms. The highest BCUT2D eigenvalue weighted by atomic mass is 35.5. The Bertz CT molecular complexity index is 667. The van der Waals surface area contributed by atoms with Gasteiger partial charge < -0.3 is 5.73 Å². The second-order valence-corrected chi connectivity index (χ2v) is 5.71. The van der Waals surface area contributed by atoms with Gasteiger partial charge in [-0.15, -0.1) is 0 Å².